The lowest BCUT2D eigenvalue weighted by Gasteiger charge is -2.26. The van der Waals surface area contributed by atoms with E-state index in [1.807, 2.05) is 43.2 Å². The summed E-state index contributed by atoms with van der Waals surface area (Å²) in [5.41, 5.74) is -0.0630. The molecule has 0 saturated heterocycles. The molecule has 1 aromatic rings. The molecule has 1 aliphatic rings. The topological polar surface area (TPSA) is 45.1 Å². The van der Waals surface area contributed by atoms with Crippen LogP contribution < -0.4 is 5.32 Å². The van der Waals surface area contributed by atoms with Gasteiger partial charge in [-0.3, -0.25) is 0 Å². The summed E-state index contributed by atoms with van der Waals surface area (Å²) < 4.78 is 0. The van der Waals surface area contributed by atoms with Crippen LogP contribution in [0, 0.1) is 0 Å². The largest absolute Gasteiger partial charge is 0.394 e. The number of pyridine rings is 1. The highest BCUT2D eigenvalue weighted by molar-refractivity contribution is 7.99. The van der Waals surface area contributed by atoms with Crippen molar-refractivity contribution < 1.29 is 5.11 Å². The number of aliphatic hydroxyl groups excluding tert-OH is 1. The van der Waals surface area contributed by atoms with Gasteiger partial charge >= 0.3 is 0 Å². The van der Waals surface area contributed by atoms with E-state index < -0.39 is 0 Å². The normalized spacial score (nSPS) is 29.5. The van der Waals surface area contributed by atoms with Gasteiger partial charge in [0.15, 0.2) is 0 Å². The first-order chi connectivity index (χ1) is 7.78. The molecule has 0 radical (unpaired) electrons. The van der Waals surface area contributed by atoms with Crippen LogP contribution in [0.5, 0.6) is 0 Å². The van der Waals surface area contributed by atoms with Crippen LogP contribution in [0.15, 0.2) is 29.4 Å². The summed E-state index contributed by atoms with van der Waals surface area (Å²) in [6, 6.07) is 6.00. The molecule has 1 aromatic heterocycles. The number of rotatable bonds is 4. The van der Waals surface area contributed by atoms with Crippen molar-refractivity contribution in [2.75, 3.05) is 13.7 Å². The smallest absolute Gasteiger partial charge is 0.0962 e. The number of aliphatic hydroxyl groups is 1. The Kier molecular flexibility index (Phi) is 3.84. The van der Waals surface area contributed by atoms with Gasteiger partial charge in [-0.25, -0.2) is 4.98 Å². The zero-order chi connectivity index (χ0) is 11.4. The summed E-state index contributed by atoms with van der Waals surface area (Å²) in [7, 11) is 1.93. The van der Waals surface area contributed by atoms with Crippen molar-refractivity contribution in [3.8, 4) is 0 Å². The molecule has 2 unspecified atom stereocenters. The summed E-state index contributed by atoms with van der Waals surface area (Å²) in [5.74, 6) is 0. The van der Waals surface area contributed by atoms with Crippen molar-refractivity contribution >= 4 is 11.8 Å². The fraction of sp³-hybridized carbons (Fsp3) is 0.583. The first kappa shape index (κ1) is 11.9. The molecule has 0 aromatic carbocycles. The van der Waals surface area contributed by atoms with E-state index in [0.29, 0.717) is 5.25 Å². The maximum atomic E-state index is 9.41. The van der Waals surface area contributed by atoms with Crippen LogP contribution >= 0.6 is 11.8 Å². The molecule has 1 heterocycles. The van der Waals surface area contributed by atoms with Gasteiger partial charge in [0.25, 0.3) is 0 Å². The standard InChI is InChI=1S/C12H18N2OS/c1-13-12(9-15)6-5-10(8-12)16-11-4-2-3-7-14-11/h2-4,7,10,13,15H,5-6,8-9H2,1H3. The predicted octanol–water partition coefficient (Wildman–Crippen LogP) is 1.68. The summed E-state index contributed by atoms with van der Waals surface area (Å²) in [6.45, 7) is 0.225. The number of hydrogen-bond donors (Lipinski definition) is 2. The highest BCUT2D eigenvalue weighted by Crippen LogP contribution is 2.39. The summed E-state index contributed by atoms with van der Waals surface area (Å²) in [5, 5.41) is 14.3. The van der Waals surface area contributed by atoms with E-state index >= 15 is 0 Å². The Morgan fingerprint density at radius 3 is 3.06 bits per heavy atom. The molecule has 2 rings (SSSR count). The minimum absolute atomic E-state index is 0.0630. The van der Waals surface area contributed by atoms with Crippen LogP contribution in [0.4, 0.5) is 0 Å². The molecule has 2 N–H and O–H groups in total. The third-order valence-electron chi connectivity index (χ3n) is 3.32. The predicted molar refractivity (Wildman–Crippen MR) is 66.6 cm³/mol. The lowest BCUT2D eigenvalue weighted by atomic mass is 10.00. The van der Waals surface area contributed by atoms with Crippen LogP contribution in [0.25, 0.3) is 0 Å². The van der Waals surface area contributed by atoms with Gasteiger partial charge in [0.1, 0.15) is 0 Å². The van der Waals surface area contributed by atoms with Gasteiger partial charge in [-0.2, -0.15) is 0 Å². The van der Waals surface area contributed by atoms with Gasteiger partial charge in [0.2, 0.25) is 0 Å². The Labute approximate surface area is 101 Å². The molecule has 2 atom stereocenters. The first-order valence-corrected chi connectivity index (χ1v) is 6.53. The molecule has 1 saturated carbocycles. The van der Waals surface area contributed by atoms with Gasteiger partial charge in [0.05, 0.1) is 11.6 Å². The number of nitrogens with zero attached hydrogens (tertiary/aromatic N) is 1. The zero-order valence-corrected chi connectivity index (χ0v) is 10.3. The van der Waals surface area contributed by atoms with E-state index in [2.05, 4.69) is 10.3 Å². The van der Waals surface area contributed by atoms with Crippen LogP contribution in [-0.2, 0) is 0 Å². The SMILES string of the molecule is CNC1(CO)CCC(Sc2ccccn2)C1. The third kappa shape index (κ3) is 2.56. The van der Waals surface area contributed by atoms with Crippen molar-refractivity contribution in [2.45, 2.75) is 35.1 Å². The van der Waals surface area contributed by atoms with Crippen molar-refractivity contribution in [2.24, 2.45) is 0 Å². The Balaban J connectivity index is 1.95. The van der Waals surface area contributed by atoms with E-state index in [1.54, 1.807) is 0 Å². The average molecular weight is 238 g/mol. The Bertz CT molecular complexity index is 327. The number of thioether (sulfide) groups is 1. The van der Waals surface area contributed by atoms with Crippen LogP contribution in [0.1, 0.15) is 19.3 Å². The Morgan fingerprint density at radius 2 is 2.50 bits per heavy atom. The molecule has 1 aliphatic carbocycles. The molecule has 0 aliphatic heterocycles. The second-order valence-corrected chi connectivity index (χ2v) is 5.66. The number of hydrogen-bond acceptors (Lipinski definition) is 4. The van der Waals surface area contributed by atoms with Gasteiger partial charge < -0.3 is 10.4 Å². The zero-order valence-electron chi connectivity index (χ0n) is 9.52. The Morgan fingerprint density at radius 1 is 1.62 bits per heavy atom. The molecule has 16 heavy (non-hydrogen) atoms. The van der Waals surface area contributed by atoms with Gasteiger partial charge in [-0.15, -0.1) is 11.8 Å². The van der Waals surface area contributed by atoms with Crippen LogP contribution in [0.3, 0.4) is 0 Å². The molecule has 88 valence electrons. The maximum absolute atomic E-state index is 9.41. The minimum atomic E-state index is -0.0630. The molecule has 0 spiro atoms. The first-order valence-electron chi connectivity index (χ1n) is 5.65. The summed E-state index contributed by atoms with van der Waals surface area (Å²) in [4.78, 5) is 4.32. The summed E-state index contributed by atoms with van der Waals surface area (Å²) in [6.07, 6.45) is 5.03. The maximum Gasteiger partial charge on any atom is 0.0962 e. The van der Waals surface area contributed by atoms with Crippen molar-refractivity contribution in [1.29, 1.82) is 0 Å². The lowest BCUT2D eigenvalue weighted by molar-refractivity contribution is 0.173. The van der Waals surface area contributed by atoms with Crippen molar-refractivity contribution in [3.05, 3.63) is 24.4 Å². The monoisotopic (exact) mass is 238 g/mol. The molecular formula is C12H18N2OS. The summed E-state index contributed by atoms with van der Waals surface area (Å²) >= 11 is 1.82. The average Bonchev–Trinajstić information content (AvgIpc) is 2.75. The molecule has 1 fully saturated rings. The quantitative estimate of drug-likeness (QED) is 0.837. The van der Waals surface area contributed by atoms with Crippen LogP contribution in [0.2, 0.25) is 0 Å². The third-order valence-corrected chi connectivity index (χ3v) is 4.54. The molecule has 4 heteroatoms. The van der Waals surface area contributed by atoms with Crippen molar-refractivity contribution in [3.63, 3.8) is 0 Å². The van der Waals surface area contributed by atoms with Gasteiger partial charge in [0, 0.05) is 17.0 Å². The minimum Gasteiger partial charge on any atom is -0.394 e. The molecule has 0 bridgehead atoms. The van der Waals surface area contributed by atoms with Crippen LogP contribution in [-0.4, -0.2) is 34.5 Å². The second-order valence-electron chi connectivity index (χ2n) is 4.34. The molecule has 3 nitrogen and oxygen atoms in total. The second kappa shape index (κ2) is 5.17. The van der Waals surface area contributed by atoms with Gasteiger partial charge in [-0.1, -0.05) is 6.07 Å². The fourth-order valence-electron chi connectivity index (χ4n) is 2.22. The van der Waals surface area contributed by atoms with E-state index in [9.17, 15) is 5.11 Å². The highest BCUT2D eigenvalue weighted by atomic mass is 32.2. The number of nitrogens with one attached hydrogen (secondary N) is 1. The molecular weight excluding hydrogens is 220 g/mol. The fourth-order valence-corrected chi connectivity index (χ4v) is 3.47. The van der Waals surface area contributed by atoms with Crippen molar-refractivity contribution in [1.82, 2.24) is 10.3 Å². The Hall–Kier alpha value is -0.580. The number of aromatic nitrogens is 1. The molecule has 0 amide bonds. The lowest BCUT2D eigenvalue weighted by Crippen LogP contribution is -2.44. The van der Waals surface area contributed by atoms with Gasteiger partial charge in [-0.05, 0) is 38.4 Å². The van der Waals surface area contributed by atoms with E-state index in [4.69, 9.17) is 0 Å². The van der Waals surface area contributed by atoms with E-state index in [1.165, 1.54) is 0 Å². The highest BCUT2D eigenvalue weighted by Gasteiger charge is 2.37. The van der Waals surface area contributed by atoms with E-state index in [-0.39, 0.29) is 12.1 Å². The van der Waals surface area contributed by atoms with E-state index in [0.717, 1.165) is 24.3 Å². The number of likely N-dealkylation sites (N-methyl/N-ethyl adjacent to an activating group) is 1.